The van der Waals surface area contributed by atoms with E-state index in [1.807, 2.05) is 24.3 Å². The molecule has 3 aromatic rings. The zero-order valence-corrected chi connectivity index (χ0v) is 13.7. The van der Waals surface area contributed by atoms with Crippen LogP contribution in [0.3, 0.4) is 0 Å². The normalized spacial score (nSPS) is 11.0. The van der Waals surface area contributed by atoms with Crippen LogP contribution in [0.15, 0.2) is 47.4 Å². The number of benzene rings is 2. The molecule has 0 aliphatic heterocycles. The second kappa shape index (κ2) is 5.88. The summed E-state index contributed by atoms with van der Waals surface area (Å²) in [6.07, 6.45) is 0. The minimum absolute atomic E-state index is 0.211. The highest BCUT2D eigenvalue weighted by Gasteiger charge is 2.16. The van der Waals surface area contributed by atoms with E-state index in [1.54, 1.807) is 22.8 Å². The summed E-state index contributed by atoms with van der Waals surface area (Å²) in [5.74, 6) is -0.982. The highest BCUT2D eigenvalue weighted by atomic mass is 35.5. The Labute approximate surface area is 142 Å². The third-order valence-corrected chi connectivity index (χ3v) is 4.60. The zero-order valence-electron chi connectivity index (χ0n) is 11.3. The van der Waals surface area contributed by atoms with Crippen molar-refractivity contribution in [2.24, 2.45) is 0 Å². The number of halogens is 2. The fraction of sp³-hybridized carbons (Fsp3) is 0.0625. The van der Waals surface area contributed by atoms with Crippen molar-refractivity contribution in [3.05, 3.63) is 63.8 Å². The maximum atomic E-state index is 11.5. The van der Waals surface area contributed by atoms with Crippen LogP contribution < -0.4 is 0 Å². The summed E-state index contributed by atoms with van der Waals surface area (Å²) in [6, 6.07) is 12.5. The predicted molar refractivity (Wildman–Crippen MR) is 91.7 cm³/mol. The van der Waals surface area contributed by atoms with Gasteiger partial charge < -0.3 is 9.67 Å². The number of carbonyl (C=O) groups is 1. The molecule has 0 radical (unpaired) electrons. The third kappa shape index (κ3) is 2.70. The number of thiol groups is 1. The van der Waals surface area contributed by atoms with Crippen molar-refractivity contribution in [3.8, 4) is 0 Å². The van der Waals surface area contributed by atoms with Crippen LogP contribution in [0.4, 0.5) is 0 Å². The molecule has 0 saturated heterocycles. The van der Waals surface area contributed by atoms with Crippen molar-refractivity contribution >= 4 is 52.7 Å². The van der Waals surface area contributed by atoms with Crippen molar-refractivity contribution in [2.75, 3.05) is 0 Å². The lowest BCUT2D eigenvalue weighted by molar-refractivity contribution is 0.0686. The number of hydrogen-bond donors (Lipinski definition) is 2. The van der Waals surface area contributed by atoms with Crippen LogP contribution in [-0.4, -0.2) is 15.6 Å². The Morgan fingerprint density at radius 1 is 1.14 bits per heavy atom. The number of aromatic carboxylic acids is 1. The number of fused-ring (bicyclic) bond motifs is 1. The molecule has 1 aromatic heterocycles. The number of carboxylic acids is 1. The van der Waals surface area contributed by atoms with Gasteiger partial charge in [0.2, 0.25) is 0 Å². The monoisotopic (exact) mass is 351 g/mol. The van der Waals surface area contributed by atoms with Crippen molar-refractivity contribution in [2.45, 2.75) is 11.4 Å². The van der Waals surface area contributed by atoms with Crippen LogP contribution >= 0.6 is 35.8 Å². The van der Waals surface area contributed by atoms with Gasteiger partial charge in [-0.2, -0.15) is 0 Å². The van der Waals surface area contributed by atoms with Crippen molar-refractivity contribution in [1.82, 2.24) is 4.57 Å². The van der Waals surface area contributed by atoms with Crippen LogP contribution in [0.25, 0.3) is 10.9 Å². The Hall–Kier alpha value is -1.62. The predicted octanol–water partition coefficient (Wildman–Crippen LogP) is 4.98. The first kappa shape index (κ1) is 15.3. The molecule has 0 fully saturated rings. The Kier molecular flexibility index (Phi) is 4.08. The van der Waals surface area contributed by atoms with Crippen LogP contribution in [0.5, 0.6) is 0 Å². The maximum absolute atomic E-state index is 11.5. The van der Waals surface area contributed by atoms with Gasteiger partial charge in [0, 0.05) is 16.8 Å². The van der Waals surface area contributed by atoms with E-state index in [-0.39, 0.29) is 5.69 Å². The van der Waals surface area contributed by atoms with Crippen LogP contribution in [-0.2, 0) is 6.54 Å². The van der Waals surface area contributed by atoms with Gasteiger partial charge in [0.15, 0.2) is 0 Å². The standard InChI is InChI=1S/C16H11Cl2NO2S/c17-11-5-4-9(6-12(11)18)8-19-13-2-1-3-15(22)10(13)7-14(19)16(20)21/h1-7,22H,8H2,(H,20,21). The first-order chi connectivity index (χ1) is 10.5. The highest BCUT2D eigenvalue weighted by Crippen LogP contribution is 2.28. The molecule has 0 bridgehead atoms. The Morgan fingerprint density at radius 2 is 1.91 bits per heavy atom. The van der Waals surface area contributed by atoms with Crippen LogP contribution in [0.2, 0.25) is 10.0 Å². The van der Waals surface area contributed by atoms with E-state index in [1.165, 1.54) is 0 Å². The van der Waals surface area contributed by atoms with Gasteiger partial charge in [0.25, 0.3) is 0 Å². The average Bonchev–Trinajstić information content (AvgIpc) is 2.84. The number of nitrogens with zero attached hydrogens (tertiary/aromatic N) is 1. The maximum Gasteiger partial charge on any atom is 0.352 e. The molecule has 2 aromatic carbocycles. The molecule has 6 heteroatoms. The minimum Gasteiger partial charge on any atom is -0.477 e. The largest absolute Gasteiger partial charge is 0.477 e. The molecule has 0 spiro atoms. The smallest absolute Gasteiger partial charge is 0.352 e. The number of rotatable bonds is 3. The van der Waals surface area contributed by atoms with Crippen LogP contribution in [0, 0.1) is 0 Å². The van der Waals surface area contributed by atoms with Gasteiger partial charge in [0.1, 0.15) is 5.69 Å². The first-order valence-electron chi connectivity index (χ1n) is 6.46. The second-order valence-electron chi connectivity index (χ2n) is 4.88. The fourth-order valence-corrected chi connectivity index (χ4v) is 3.02. The Bertz CT molecular complexity index is 889. The molecule has 0 aliphatic carbocycles. The topological polar surface area (TPSA) is 42.2 Å². The van der Waals surface area contributed by atoms with Gasteiger partial charge in [-0.1, -0.05) is 35.3 Å². The lowest BCUT2D eigenvalue weighted by Crippen LogP contribution is -2.09. The van der Waals surface area contributed by atoms with E-state index in [0.717, 1.165) is 21.4 Å². The van der Waals surface area contributed by atoms with Gasteiger partial charge in [0.05, 0.1) is 15.6 Å². The molecule has 22 heavy (non-hydrogen) atoms. The molecule has 3 rings (SSSR count). The molecule has 1 N–H and O–H groups in total. The van der Waals surface area contributed by atoms with Gasteiger partial charge >= 0.3 is 5.97 Å². The molecule has 0 amide bonds. The SMILES string of the molecule is O=C(O)c1cc2c(S)cccc2n1Cc1ccc(Cl)c(Cl)c1. The summed E-state index contributed by atoms with van der Waals surface area (Å²) in [7, 11) is 0. The summed E-state index contributed by atoms with van der Waals surface area (Å²) in [4.78, 5) is 12.3. The summed E-state index contributed by atoms with van der Waals surface area (Å²) < 4.78 is 1.73. The Balaban J connectivity index is 2.16. The fourth-order valence-electron chi connectivity index (χ4n) is 2.44. The number of carboxylic acid groups (broad SMARTS) is 1. The second-order valence-corrected chi connectivity index (χ2v) is 6.18. The lowest BCUT2D eigenvalue weighted by Gasteiger charge is -2.09. The molecule has 3 nitrogen and oxygen atoms in total. The van der Waals surface area contributed by atoms with E-state index < -0.39 is 5.97 Å². The highest BCUT2D eigenvalue weighted by molar-refractivity contribution is 7.80. The van der Waals surface area contributed by atoms with E-state index in [4.69, 9.17) is 23.2 Å². The lowest BCUT2D eigenvalue weighted by atomic mass is 10.2. The summed E-state index contributed by atoms with van der Waals surface area (Å²) in [6.45, 7) is 0.388. The quantitative estimate of drug-likeness (QED) is 0.653. The van der Waals surface area contributed by atoms with E-state index >= 15 is 0 Å². The van der Waals surface area contributed by atoms with Crippen LogP contribution in [0.1, 0.15) is 16.1 Å². The summed E-state index contributed by atoms with van der Waals surface area (Å²) in [5.41, 5.74) is 1.90. The number of aromatic nitrogens is 1. The molecule has 112 valence electrons. The summed E-state index contributed by atoms with van der Waals surface area (Å²) in [5, 5.41) is 11.2. The molecule has 0 aliphatic rings. The van der Waals surface area contributed by atoms with Gasteiger partial charge in [-0.3, -0.25) is 0 Å². The van der Waals surface area contributed by atoms with Crippen molar-refractivity contribution < 1.29 is 9.90 Å². The van der Waals surface area contributed by atoms with E-state index in [2.05, 4.69) is 12.6 Å². The third-order valence-electron chi connectivity index (χ3n) is 3.47. The van der Waals surface area contributed by atoms with E-state index in [9.17, 15) is 9.90 Å². The van der Waals surface area contributed by atoms with Crippen molar-refractivity contribution in [3.63, 3.8) is 0 Å². The number of hydrogen-bond acceptors (Lipinski definition) is 2. The molecule has 0 saturated carbocycles. The molecular weight excluding hydrogens is 341 g/mol. The summed E-state index contributed by atoms with van der Waals surface area (Å²) >= 11 is 16.3. The Morgan fingerprint density at radius 3 is 2.59 bits per heavy atom. The molecule has 0 atom stereocenters. The zero-order chi connectivity index (χ0) is 15.9. The molecular formula is C16H11Cl2NO2S. The van der Waals surface area contributed by atoms with Gasteiger partial charge in [-0.25, -0.2) is 4.79 Å². The van der Waals surface area contributed by atoms with E-state index in [0.29, 0.717) is 16.6 Å². The molecule has 0 unspecified atom stereocenters. The van der Waals surface area contributed by atoms with Crippen molar-refractivity contribution in [1.29, 1.82) is 0 Å². The average molecular weight is 352 g/mol. The van der Waals surface area contributed by atoms with Gasteiger partial charge in [-0.05, 0) is 35.9 Å². The minimum atomic E-state index is -0.982. The first-order valence-corrected chi connectivity index (χ1v) is 7.66. The molecule has 1 heterocycles. The van der Waals surface area contributed by atoms with Gasteiger partial charge in [-0.15, -0.1) is 12.6 Å².